The molecule has 0 saturated carbocycles. The summed E-state index contributed by atoms with van der Waals surface area (Å²) in [7, 11) is -3.58. The summed E-state index contributed by atoms with van der Waals surface area (Å²) >= 11 is 12.0. The quantitative estimate of drug-likeness (QED) is 0.799. The number of hydrogen-bond donors (Lipinski definition) is 1. The largest absolute Gasteiger partial charge is 0.444 e. The van der Waals surface area contributed by atoms with Crippen molar-refractivity contribution in [1.29, 1.82) is 0 Å². The van der Waals surface area contributed by atoms with Gasteiger partial charge in [-0.3, -0.25) is 0 Å². The van der Waals surface area contributed by atoms with Gasteiger partial charge in [-0.15, -0.1) is 0 Å². The summed E-state index contributed by atoms with van der Waals surface area (Å²) in [6, 6.07) is 4.46. The third-order valence-electron chi connectivity index (χ3n) is 3.84. The van der Waals surface area contributed by atoms with Crippen molar-refractivity contribution in [2.75, 3.05) is 13.1 Å². The van der Waals surface area contributed by atoms with Gasteiger partial charge in [-0.25, -0.2) is 13.2 Å². The monoisotopic (exact) mass is 422 g/mol. The van der Waals surface area contributed by atoms with Gasteiger partial charge in [0.1, 0.15) is 5.60 Å². The molecule has 9 heteroatoms. The summed E-state index contributed by atoms with van der Waals surface area (Å²) in [5.41, 5.74) is -0.144. The average molecular weight is 423 g/mol. The lowest BCUT2D eigenvalue weighted by Gasteiger charge is -2.33. The van der Waals surface area contributed by atoms with Crippen LogP contribution >= 0.6 is 23.2 Å². The van der Waals surface area contributed by atoms with Crippen molar-refractivity contribution >= 4 is 39.3 Å². The number of nitrogens with zero attached hydrogens (tertiary/aromatic N) is 1. The van der Waals surface area contributed by atoms with Gasteiger partial charge in [0.05, 0.1) is 5.75 Å². The van der Waals surface area contributed by atoms with Gasteiger partial charge in [0.15, 0.2) is 0 Å². The first-order valence-corrected chi connectivity index (χ1v) is 10.7. The molecule has 1 heterocycles. The maximum Gasteiger partial charge on any atom is 0.407 e. The Morgan fingerprint density at radius 2 is 2.04 bits per heavy atom. The third-order valence-corrected chi connectivity index (χ3v) is 6.24. The topological polar surface area (TPSA) is 75.7 Å². The maximum atomic E-state index is 12.8. The van der Waals surface area contributed by atoms with E-state index in [2.05, 4.69) is 5.32 Å². The van der Waals surface area contributed by atoms with Gasteiger partial charge in [-0.2, -0.15) is 4.31 Å². The first-order valence-electron chi connectivity index (χ1n) is 8.37. The molecule has 0 bridgehead atoms. The standard InChI is InChI=1S/C17H24Cl2N2O4S/c1-17(2,3)25-16(22)20-14-5-4-8-21(10-14)26(23,24)11-12-9-13(18)6-7-15(12)19/h6-7,9,14H,4-5,8,10-11H2,1-3H3,(H,20,22). The summed E-state index contributed by atoms with van der Waals surface area (Å²) in [6.45, 7) is 5.95. The Morgan fingerprint density at radius 1 is 1.35 bits per heavy atom. The van der Waals surface area contributed by atoms with E-state index in [0.29, 0.717) is 35.0 Å². The highest BCUT2D eigenvalue weighted by atomic mass is 35.5. The molecule has 1 aromatic carbocycles. The van der Waals surface area contributed by atoms with Gasteiger partial charge in [0.25, 0.3) is 0 Å². The maximum absolute atomic E-state index is 12.8. The van der Waals surface area contributed by atoms with Crippen molar-refractivity contribution in [2.45, 2.75) is 51.0 Å². The number of benzene rings is 1. The van der Waals surface area contributed by atoms with Crippen LogP contribution in [0.1, 0.15) is 39.2 Å². The molecule has 1 aromatic rings. The van der Waals surface area contributed by atoms with Crippen molar-refractivity contribution in [3.8, 4) is 0 Å². The number of rotatable bonds is 4. The zero-order chi connectivity index (χ0) is 19.5. The van der Waals surface area contributed by atoms with E-state index in [1.165, 1.54) is 4.31 Å². The molecule has 1 N–H and O–H groups in total. The molecule has 1 fully saturated rings. The molecule has 0 aliphatic carbocycles. The highest BCUT2D eigenvalue weighted by Gasteiger charge is 2.31. The van der Waals surface area contributed by atoms with Crippen molar-refractivity contribution in [1.82, 2.24) is 9.62 Å². The third kappa shape index (κ3) is 6.30. The second kappa shape index (κ2) is 8.33. The lowest BCUT2D eigenvalue weighted by molar-refractivity contribution is 0.0487. The van der Waals surface area contributed by atoms with Gasteiger partial charge in [-0.05, 0) is 57.4 Å². The molecule has 6 nitrogen and oxygen atoms in total. The van der Waals surface area contributed by atoms with Gasteiger partial charge in [-0.1, -0.05) is 23.2 Å². The molecule has 1 unspecified atom stereocenters. The number of sulfonamides is 1. The molecule has 26 heavy (non-hydrogen) atoms. The van der Waals surface area contributed by atoms with Crippen LogP contribution in [0.15, 0.2) is 18.2 Å². The van der Waals surface area contributed by atoms with E-state index in [4.69, 9.17) is 27.9 Å². The summed E-state index contributed by atoms with van der Waals surface area (Å²) < 4.78 is 32.1. The number of nitrogens with one attached hydrogen (secondary N) is 1. The normalized spacial score (nSPS) is 19.2. The Balaban J connectivity index is 2.03. The molecule has 0 aromatic heterocycles. The Bertz CT molecular complexity index is 763. The molecule has 1 aliphatic rings. The Kier molecular flexibility index (Phi) is 6.82. The van der Waals surface area contributed by atoms with Crippen LogP contribution in [0.5, 0.6) is 0 Å². The van der Waals surface area contributed by atoms with E-state index in [1.54, 1.807) is 39.0 Å². The Hall–Kier alpha value is -1.02. The number of carbonyl (C=O) groups excluding carboxylic acids is 1. The first-order chi connectivity index (χ1) is 12.0. The Morgan fingerprint density at radius 3 is 2.69 bits per heavy atom. The average Bonchev–Trinajstić information content (AvgIpc) is 2.49. The molecule has 1 amide bonds. The van der Waals surface area contributed by atoms with E-state index < -0.39 is 21.7 Å². The molecule has 1 aliphatic heterocycles. The number of carbonyl (C=O) groups is 1. The van der Waals surface area contributed by atoms with Crippen LogP contribution in [-0.4, -0.2) is 43.5 Å². The minimum atomic E-state index is -3.58. The van der Waals surface area contributed by atoms with Gasteiger partial charge < -0.3 is 10.1 Å². The zero-order valence-electron chi connectivity index (χ0n) is 15.1. The molecule has 0 radical (unpaired) electrons. The zero-order valence-corrected chi connectivity index (χ0v) is 17.4. The summed E-state index contributed by atoms with van der Waals surface area (Å²) in [6.07, 6.45) is 0.811. The smallest absolute Gasteiger partial charge is 0.407 e. The Labute approximate surface area is 164 Å². The SMILES string of the molecule is CC(C)(C)OC(=O)NC1CCCN(S(=O)(=O)Cc2cc(Cl)ccc2Cl)C1. The van der Waals surface area contributed by atoms with E-state index in [1.807, 2.05) is 0 Å². The fourth-order valence-electron chi connectivity index (χ4n) is 2.73. The van der Waals surface area contributed by atoms with Crippen LogP contribution in [-0.2, 0) is 20.5 Å². The lowest BCUT2D eigenvalue weighted by atomic mass is 10.1. The van der Waals surface area contributed by atoms with Gasteiger partial charge >= 0.3 is 6.09 Å². The second-order valence-corrected chi connectivity index (χ2v) is 10.1. The predicted octanol–water partition coefficient (Wildman–Crippen LogP) is 3.81. The van der Waals surface area contributed by atoms with Crippen LogP contribution < -0.4 is 5.32 Å². The lowest BCUT2D eigenvalue weighted by Crippen LogP contribution is -2.50. The number of alkyl carbamates (subject to hydrolysis) is 1. The molecular formula is C17H24Cl2N2O4S. The van der Waals surface area contributed by atoms with Crippen molar-refractivity contribution in [3.05, 3.63) is 33.8 Å². The fraction of sp³-hybridized carbons (Fsp3) is 0.588. The van der Waals surface area contributed by atoms with Gasteiger partial charge in [0.2, 0.25) is 10.0 Å². The first kappa shape index (κ1) is 21.3. The highest BCUT2D eigenvalue weighted by Crippen LogP contribution is 2.25. The number of halogens is 2. The molecule has 2 rings (SSSR count). The second-order valence-electron chi connectivity index (χ2n) is 7.34. The van der Waals surface area contributed by atoms with Crippen LogP contribution in [0.25, 0.3) is 0 Å². The number of hydrogen-bond acceptors (Lipinski definition) is 4. The van der Waals surface area contributed by atoms with Gasteiger partial charge in [0, 0.05) is 29.2 Å². The molecular weight excluding hydrogens is 399 g/mol. The molecule has 146 valence electrons. The van der Waals surface area contributed by atoms with E-state index in [0.717, 1.165) is 0 Å². The van der Waals surface area contributed by atoms with Crippen LogP contribution in [0.3, 0.4) is 0 Å². The molecule has 1 saturated heterocycles. The molecule has 1 atom stereocenters. The van der Waals surface area contributed by atoms with E-state index >= 15 is 0 Å². The van der Waals surface area contributed by atoms with E-state index in [-0.39, 0.29) is 18.3 Å². The van der Waals surface area contributed by atoms with Crippen LogP contribution in [0.4, 0.5) is 4.79 Å². The summed E-state index contributed by atoms with van der Waals surface area (Å²) in [4.78, 5) is 11.9. The number of piperidine rings is 1. The van der Waals surface area contributed by atoms with E-state index in [9.17, 15) is 13.2 Å². The van der Waals surface area contributed by atoms with Crippen LogP contribution in [0, 0.1) is 0 Å². The fourth-order valence-corrected chi connectivity index (χ4v) is 4.82. The van der Waals surface area contributed by atoms with Crippen LogP contribution in [0.2, 0.25) is 10.0 Å². The summed E-state index contributed by atoms with van der Waals surface area (Å²) in [5.74, 6) is -0.231. The predicted molar refractivity (Wildman–Crippen MR) is 103 cm³/mol. The van der Waals surface area contributed by atoms with Crippen molar-refractivity contribution in [3.63, 3.8) is 0 Å². The number of amides is 1. The summed E-state index contributed by atoms with van der Waals surface area (Å²) in [5, 5.41) is 3.54. The molecule has 0 spiro atoms. The minimum Gasteiger partial charge on any atom is -0.444 e. The minimum absolute atomic E-state index is 0.208. The van der Waals surface area contributed by atoms with Crippen molar-refractivity contribution in [2.24, 2.45) is 0 Å². The van der Waals surface area contributed by atoms with Crippen molar-refractivity contribution < 1.29 is 17.9 Å². The highest BCUT2D eigenvalue weighted by molar-refractivity contribution is 7.88. The number of ether oxygens (including phenoxy) is 1.